The molecule has 2 heterocycles. The minimum atomic E-state index is -0.207. The first-order valence-electron chi connectivity index (χ1n) is 8.52. The van der Waals surface area contributed by atoms with Crippen LogP contribution in [0.4, 0.5) is 17.2 Å². The van der Waals surface area contributed by atoms with Crippen molar-refractivity contribution in [3.05, 3.63) is 83.0 Å². The molecule has 0 radical (unpaired) electrons. The molecule has 1 amide bonds. The van der Waals surface area contributed by atoms with E-state index >= 15 is 0 Å². The van der Waals surface area contributed by atoms with Gasteiger partial charge in [-0.15, -0.1) is 0 Å². The average molecular weight is 364 g/mol. The summed E-state index contributed by atoms with van der Waals surface area (Å²) in [5.74, 6) is 0.566. The molecule has 1 aromatic heterocycles. The van der Waals surface area contributed by atoms with Gasteiger partial charge in [0.1, 0.15) is 5.82 Å². The number of pyridine rings is 1. The van der Waals surface area contributed by atoms with E-state index in [4.69, 9.17) is 11.6 Å². The average Bonchev–Trinajstić information content (AvgIpc) is 2.99. The molecule has 0 bridgehead atoms. The second kappa shape index (κ2) is 6.81. The van der Waals surface area contributed by atoms with Gasteiger partial charge in [-0.3, -0.25) is 4.79 Å². The largest absolute Gasteiger partial charge is 0.323 e. The number of nitrogens with zero attached hydrogens (tertiary/aromatic N) is 2. The van der Waals surface area contributed by atoms with Crippen LogP contribution in [0.1, 0.15) is 22.8 Å². The third-order valence-corrected chi connectivity index (χ3v) is 4.91. The number of halogens is 1. The lowest BCUT2D eigenvalue weighted by Crippen LogP contribution is -2.25. The number of para-hydroxylation sites is 2. The third kappa shape index (κ3) is 3.04. The maximum absolute atomic E-state index is 12.6. The molecule has 2 aromatic carbocycles. The number of fused-ring (bicyclic) bond motifs is 1. The molecule has 0 spiro atoms. The smallest absolute Gasteiger partial charge is 0.255 e. The Balaban J connectivity index is 1.63. The zero-order chi connectivity index (χ0) is 18.1. The normalized spacial score (nSPS) is 15.6. The van der Waals surface area contributed by atoms with Crippen LogP contribution >= 0.6 is 11.6 Å². The van der Waals surface area contributed by atoms with Gasteiger partial charge in [-0.25, -0.2) is 4.98 Å². The van der Waals surface area contributed by atoms with Crippen LogP contribution < -0.4 is 10.2 Å². The van der Waals surface area contributed by atoms with Gasteiger partial charge >= 0.3 is 0 Å². The first-order valence-corrected chi connectivity index (χ1v) is 8.90. The van der Waals surface area contributed by atoms with Gasteiger partial charge in [0.05, 0.1) is 10.7 Å². The molecular weight excluding hydrogens is 346 g/mol. The van der Waals surface area contributed by atoms with E-state index in [1.165, 1.54) is 5.56 Å². The predicted octanol–water partition coefficient (Wildman–Crippen LogP) is 5.07. The predicted molar refractivity (Wildman–Crippen MR) is 105 cm³/mol. The summed E-state index contributed by atoms with van der Waals surface area (Å²) >= 11 is 6.13. The second-order valence-corrected chi connectivity index (χ2v) is 6.80. The first kappa shape index (κ1) is 16.6. The van der Waals surface area contributed by atoms with Crippen molar-refractivity contribution in [2.75, 3.05) is 10.2 Å². The van der Waals surface area contributed by atoms with Gasteiger partial charge in [0.15, 0.2) is 0 Å². The molecule has 4 rings (SSSR count). The molecule has 1 atom stereocenters. The van der Waals surface area contributed by atoms with Crippen LogP contribution in [0.3, 0.4) is 0 Å². The second-order valence-electron chi connectivity index (χ2n) is 6.39. The molecule has 130 valence electrons. The minimum absolute atomic E-state index is 0.207. The lowest BCUT2D eigenvalue weighted by molar-refractivity contribution is 0.102. The number of nitrogens with one attached hydrogen (secondary N) is 1. The number of carbonyl (C=O) groups excluding carboxylic acids is 1. The fraction of sp³-hybridized carbons (Fsp3) is 0.143. The number of anilines is 3. The highest BCUT2D eigenvalue weighted by atomic mass is 35.5. The summed E-state index contributed by atoms with van der Waals surface area (Å²) < 4.78 is 0. The van der Waals surface area contributed by atoms with Crippen LogP contribution in [-0.2, 0) is 6.42 Å². The number of carbonyl (C=O) groups is 1. The van der Waals surface area contributed by atoms with Gasteiger partial charge in [-0.05, 0) is 49.2 Å². The summed E-state index contributed by atoms with van der Waals surface area (Å²) in [6.07, 6.45) is 2.64. The van der Waals surface area contributed by atoms with Crippen molar-refractivity contribution < 1.29 is 4.79 Å². The van der Waals surface area contributed by atoms with Crippen LogP contribution in [0, 0.1) is 0 Å². The third-order valence-electron chi connectivity index (χ3n) is 4.58. The molecule has 0 fully saturated rings. The summed E-state index contributed by atoms with van der Waals surface area (Å²) in [5.41, 5.74) is 3.59. The van der Waals surface area contributed by atoms with E-state index in [1.807, 2.05) is 24.3 Å². The molecule has 26 heavy (non-hydrogen) atoms. The van der Waals surface area contributed by atoms with Gasteiger partial charge in [0.2, 0.25) is 0 Å². The van der Waals surface area contributed by atoms with E-state index in [-0.39, 0.29) is 5.91 Å². The zero-order valence-electron chi connectivity index (χ0n) is 14.3. The molecule has 0 saturated heterocycles. The van der Waals surface area contributed by atoms with Crippen molar-refractivity contribution in [3.63, 3.8) is 0 Å². The number of amides is 1. The monoisotopic (exact) mass is 363 g/mol. The fourth-order valence-electron chi connectivity index (χ4n) is 3.36. The lowest BCUT2D eigenvalue weighted by atomic mass is 10.1. The Labute approximate surface area is 157 Å². The highest BCUT2D eigenvalue weighted by molar-refractivity contribution is 6.33. The number of benzene rings is 2. The van der Waals surface area contributed by atoms with Gasteiger partial charge in [0.25, 0.3) is 5.91 Å². The summed E-state index contributed by atoms with van der Waals surface area (Å²) in [6.45, 7) is 2.16. The van der Waals surface area contributed by atoms with Gasteiger partial charge < -0.3 is 10.2 Å². The Kier molecular flexibility index (Phi) is 4.35. The molecule has 4 nitrogen and oxygen atoms in total. The summed E-state index contributed by atoms with van der Waals surface area (Å²) in [5, 5.41) is 3.37. The maximum Gasteiger partial charge on any atom is 0.255 e. The summed E-state index contributed by atoms with van der Waals surface area (Å²) in [7, 11) is 0. The molecule has 0 aliphatic carbocycles. The minimum Gasteiger partial charge on any atom is -0.323 e. The van der Waals surface area contributed by atoms with Crippen LogP contribution in [0.5, 0.6) is 0 Å². The van der Waals surface area contributed by atoms with E-state index in [1.54, 1.807) is 24.4 Å². The number of aromatic nitrogens is 1. The Morgan fingerprint density at radius 1 is 1.15 bits per heavy atom. The van der Waals surface area contributed by atoms with Crippen LogP contribution in [-0.4, -0.2) is 16.9 Å². The van der Waals surface area contributed by atoms with Crippen molar-refractivity contribution in [2.24, 2.45) is 0 Å². The van der Waals surface area contributed by atoms with Crippen molar-refractivity contribution in [1.82, 2.24) is 4.98 Å². The van der Waals surface area contributed by atoms with Gasteiger partial charge in [0, 0.05) is 23.5 Å². The molecule has 1 aliphatic rings. The van der Waals surface area contributed by atoms with Crippen molar-refractivity contribution in [3.8, 4) is 0 Å². The van der Waals surface area contributed by atoms with Crippen LogP contribution in [0.25, 0.3) is 0 Å². The highest BCUT2D eigenvalue weighted by Crippen LogP contribution is 2.37. The Bertz CT molecular complexity index is 973. The van der Waals surface area contributed by atoms with E-state index in [9.17, 15) is 4.79 Å². The van der Waals surface area contributed by atoms with E-state index in [0.717, 1.165) is 17.9 Å². The molecule has 1 unspecified atom stereocenters. The van der Waals surface area contributed by atoms with Crippen molar-refractivity contribution >= 4 is 34.7 Å². The van der Waals surface area contributed by atoms with Crippen LogP contribution in [0.2, 0.25) is 5.02 Å². The van der Waals surface area contributed by atoms with Crippen molar-refractivity contribution in [1.29, 1.82) is 0 Å². The quantitative estimate of drug-likeness (QED) is 0.706. The SMILES string of the molecule is CC1Cc2ccccc2N1c1cc(C(=O)Nc2ccccc2Cl)ccn1. The zero-order valence-corrected chi connectivity index (χ0v) is 15.1. The van der Waals surface area contributed by atoms with Crippen LogP contribution in [0.15, 0.2) is 66.9 Å². The summed E-state index contributed by atoms with van der Waals surface area (Å²) in [4.78, 5) is 19.3. The fourth-order valence-corrected chi connectivity index (χ4v) is 3.55. The molecule has 1 aliphatic heterocycles. The molecule has 3 aromatic rings. The van der Waals surface area contributed by atoms with Gasteiger partial charge in [-0.1, -0.05) is 41.9 Å². The van der Waals surface area contributed by atoms with E-state index < -0.39 is 0 Å². The number of hydrogen-bond acceptors (Lipinski definition) is 3. The molecule has 0 saturated carbocycles. The summed E-state index contributed by atoms with van der Waals surface area (Å²) in [6, 6.07) is 19.3. The Morgan fingerprint density at radius 2 is 1.92 bits per heavy atom. The van der Waals surface area contributed by atoms with E-state index in [2.05, 4.69) is 40.3 Å². The Morgan fingerprint density at radius 3 is 2.77 bits per heavy atom. The Hall–Kier alpha value is -2.85. The first-order chi connectivity index (χ1) is 12.6. The molecule has 1 N–H and O–H groups in total. The number of rotatable bonds is 3. The highest BCUT2D eigenvalue weighted by Gasteiger charge is 2.28. The lowest BCUT2D eigenvalue weighted by Gasteiger charge is -2.24. The standard InChI is InChI=1S/C21H18ClN3O/c1-14-12-15-6-2-5-9-19(15)25(14)20-13-16(10-11-23-20)21(26)24-18-8-4-3-7-17(18)22/h2-11,13-14H,12H2,1H3,(H,24,26). The number of hydrogen-bond donors (Lipinski definition) is 1. The van der Waals surface area contributed by atoms with E-state index in [0.29, 0.717) is 22.3 Å². The van der Waals surface area contributed by atoms with Gasteiger partial charge in [-0.2, -0.15) is 0 Å². The molecular formula is C21H18ClN3O. The topological polar surface area (TPSA) is 45.2 Å². The maximum atomic E-state index is 12.6. The molecule has 5 heteroatoms. The van der Waals surface area contributed by atoms with Crippen molar-refractivity contribution in [2.45, 2.75) is 19.4 Å².